The van der Waals surface area contributed by atoms with Crippen molar-refractivity contribution < 1.29 is 0 Å². The van der Waals surface area contributed by atoms with Crippen molar-refractivity contribution in [3.63, 3.8) is 0 Å². The summed E-state index contributed by atoms with van der Waals surface area (Å²) in [7, 11) is 0. The van der Waals surface area contributed by atoms with Crippen LogP contribution in [0, 0.1) is 6.92 Å². The Kier molecular flexibility index (Phi) is 34.6. The third-order valence-electron chi connectivity index (χ3n) is 13.1. The Bertz CT molecular complexity index is 1080. The zero-order chi connectivity index (χ0) is 39.1. The van der Waals surface area contributed by atoms with Gasteiger partial charge in [0.05, 0.1) is 0 Å². The van der Waals surface area contributed by atoms with Crippen LogP contribution in [0.15, 0.2) is 30.3 Å². The maximum Gasteiger partial charge on any atom is -0.0149 e. The topological polar surface area (TPSA) is 0 Å². The van der Waals surface area contributed by atoms with Crippen molar-refractivity contribution in [1.82, 2.24) is 0 Å². The molecular weight excluding hydrogens is 661 g/mol. The second kappa shape index (κ2) is 38.2. The molecule has 0 aliphatic rings. The molecular formula is C55H98. The molecule has 2 aromatic carbocycles. The van der Waals surface area contributed by atoms with E-state index in [9.17, 15) is 0 Å². The van der Waals surface area contributed by atoms with Crippen LogP contribution in [0.5, 0.6) is 0 Å². The van der Waals surface area contributed by atoms with E-state index in [-0.39, 0.29) is 0 Å². The Morgan fingerprint density at radius 2 is 0.545 bits per heavy atom. The molecule has 318 valence electrons. The van der Waals surface area contributed by atoms with Gasteiger partial charge in [-0.05, 0) is 60.1 Å². The molecule has 2 rings (SSSR count). The molecule has 0 bridgehead atoms. The Balaban J connectivity index is 1.46. The number of aryl methyl sites for hydroxylation is 2. The molecule has 0 saturated carbocycles. The number of hydrogen-bond acceptors (Lipinski definition) is 0. The quantitative estimate of drug-likeness (QED) is 0.0592. The zero-order valence-corrected chi connectivity index (χ0v) is 38.1. The minimum atomic E-state index is 1.27. The van der Waals surface area contributed by atoms with Crippen LogP contribution < -0.4 is 0 Å². The molecule has 0 N–H and O–H groups in total. The molecule has 0 aliphatic carbocycles. The lowest BCUT2D eigenvalue weighted by Crippen LogP contribution is -2.01. The minimum absolute atomic E-state index is 1.27. The summed E-state index contributed by atoms with van der Waals surface area (Å²) in [6.07, 6.45) is 60.7. The van der Waals surface area contributed by atoms with Crippen LogP contribution in [0.1, 0.15) is 287 Å². The predicted molar refractivity (Wildman–Crippen MR) is 252 cm³/mol. The lowest BCUT2D eigenvalue weighted by Gasteiger charge is -2.17. The summed E-state index contributed by atoms with van der Waals surface area (Å²) in [5.41, 5.74) is 4.93. The fraction of sp³-hybridized carbons (Fsp3) is 0.818. The van der Waals surface area contributed by atoms with Gasteiger partial charge in [-0.1, -0.05) is 288 Å². The summed E-state index contributed by atoms with van der Waals surface area (Å²) in [4.78, 5) is 0. The SMILES string of the molecule is CCCCCCCCCCCCCCCCCCCCCCc1c(C)cc2ccccc2c1CCCCCCCCCCCCCCCCCCCCCC. The number of rotatable bonds is 42. The van der Waals surface area contributed by atoms with E-state index in [4.69, 9.17) is 0 Å². The van der Waals surface area contributed by atoms with Gasteiger partial charge in [-0.25, -0.2) is 0 Å². The van der Waals surface area contributed by atoms with Crippen molar-refractivity contribution in [2.24, 2.45) is 0 Å². The van der Waals surface area contributed by atoms with Crippen LogP contribution in [0.25, 0.3) is 10.8 Å². The van der Waals surface area contributed by atoms with Gasteiger partial charge in [0.25, 0.3) is 0 Å². The van der Waals surface area contributed by atoms with E-state index in [1.807, 2.05) is 0 Å². The lowest BCUT2D eigenvalue weighted by atomic mass is 9.88. The normalized spacial score (nSPS) is 11.7. The molecule has 0 heterocycles. The highest BCUT2D eigenvalue weighted by Gasteiger charge is 2.11. The van der Waals surface area contributed by atoms with E-state index in [0.717, 1.165) is 0 Å². The van der Waals surface area contributed by atoms with E-state index in [2.05, 4.69) is 51.1 Å². The first kappa shape index (κ1) is 49.8. The number of unbranched alkanes of at least 4 members (excludes halogenated alkanes) is 38. The van der Waals surface area contributed by atoms with Crippen molar-refractivity contribution >= 4 is 10.8 Å². The fourth-order valence-corrected chi connectivity index (χ4v) is 9.37. The maximum atomic E-state index is 2.47. The van der Waals surface area contributed by atoms with E-state index in [1.54, 1.807) is 16.7 Å². The van der Waals surface area contributed by atoms with E-state index in [1.165, 1.54) is 280 Å². The van der Waals surface area contributed by atoms with Gasteiger partial charge in [-0.3, -0.25) is 0 Å². The largest absolute Gasteiger partial charge is 0.0654 e. The molecule has 0 unspecified atom stereocenters. The van der Waals surface area contributed by atoms with Crippen molar-refractivity contribution in [3.05, 3.63) is 47.0 Å². The third kappa shape index (κ3) is 27.9. The van der Waals surface area contributed by atoms with Crippen molar-refractivity contribution in [1.29, 1.82) is 0 Å². The average Bonchev–Trinajstić information content (AvgIpc) is 3.19. The van der Waals surface area contributed by atoms with Gasteiger partial charge in [-0.2, -0.15) is 0 Å². The third-order valence-corrected chi connectivity index (χ3v) is 13.1. The molecule has 0 atom stereocenters. The molecule has 0 heteroatoms. The van der Waals surface area contributed by atoms with Crippen LogP contribution in [0.3, 0.4) is 0 Å². The molecule has 0 saturated heterocycles. The standard InChI is InChI=1S/C55H98/c1-4-6-8-10-12-14-16-18-20-22-24-26-28-30-32-34-36-38-40-42-47-53-51(3)50-52-46-44-45-48-54(52)55(53)49-43-41-39-37-35-33-31-29-27-25-23-21-19-17-15-13-11-9-7-5-2/h44-46,48,50H,4-43,47,49H2,1-3H3. The van der Waals surface area contributed by atoms with Crippen LogP contribution in [0.2, 0.25) is 0 Å². The number of hydrogen-bond donors (Lipinski definition) is 0. The highest BCUT2D eigenvalue weighted by Crippen LogP contribution is 2.29. The average molecular weight is 759 g/mol. The molecule has 55 heavy (non-hydrogen) atoms. The first-order chi connectivity index (χ1) is 27.3. The van der Waals surface area contributed by atoms with Crippen molar-refractivity contribution in [3.8, 4) is 0 Å². The number of benzene rings is 2. The minimum Gasteiger partial charge on any atom is -0.0654 e. The van der Waals surface area contributed by atoms with Crippen LogP contribution >= 0.6 is 0 Å². The second-order valence-corrected chi connectivity index (χ2v) is 18.3. The summed E-state index contributed by atoms with van der Waals surface area (Å²) < 4.78 is 0. The Morgan fingerprint density at radius 1 is 0.291 bits per heavy atom. The summed E-state index contributed by atoms with van der Waals surface area (Å²) in [5.74, 6) is 0. The summed E-state index contributed by atoms with van der Waals surface area (Å²) >= 11 is 0. The highest BCUT2D eigenvalue weighted by molar-refractivity contribution is 5.87. The molecule has 0 spiro atoms. The van der Waals surface area contributed by atoms with Crippen molar-refractivity contribution in [2.45, 2.75) is 290 Å². The van der Waals surface area contributed by atoms with Gasteiger partial charge >= 0.3 is 0 Å². The zero-order valence-electron chi connectivity index (χ0n) is 38.1. The molecule has 0 aromatic heterocycles. The van der Waals surface area contributed by atoms with Crippen molar-refractivity contribution in [2.75, 3.05) is 0 Å². The van der Waals surface area contributed by atoms with Gasteiger partial charge in [0, 0.05) is 0 Å². The first-order valence-electron chi connectivity index (χ1n) is 25.8. The van der Waals surface area contributed by atoms with Gasteiger partial charge < -0.3 is 0 Å². The van der Waals surface area contributed by atoms with Gasteiger partial charge in [-0.15, -0.1) is 0 Å². The first-order valence-corrected chi connectivity index (χ1v) is 25.8. The van der Waals surface area contributed by atoms with E-state index < -0.39 is 0 Å². The number of fused-ring (bicyclic) bond motifs is 1. The fourth-order valence-electron chi connectivity index (χ4n) is 9.37. The highest BCUT2D eigenvalue weighted by atomic mass is 14.2. The lowest BCUT2D eigenvalue weighted by molar-refractivity contribution is 0.521. The summed E-state index contributed by atoms with van der Waals surface area (Å²) in [6.45, 7) is 7.01. The van der Waals surface area contributed by atoms with Crippen LogP contribution in [-0.4, -0.2) is 0 Å². The molecule has 0 nitrogen and oxygen atoms in total. The van der Waals surface area contributed by atoms with Gasteiger partial charge in [0.2, 0.25) is 0 Å². The van der Waals surface area contributed by atoms with E-state index in [0.29, 0.717) is 0 Å². The summed E-state index contributed by atoms with van der Waals surface area (Å²) in [5, 5.41) is 2.99. The van der Waals surface area contributed by atoms with Crippen LogP contribution in [-0.2, 0) is 12.8 Å². The molecule has 2 aromatic rings. The van der Waals surface area contributed by atoms with Gasteiger partial charge in [0.15, 0.2) is 0 Å². The Hall–Kier alpha value is -1.30. The Morgan fingerprint density at radius 3 is 0.855 bits per heavy atom. The van der Waals surface area contributed by atoms with Crippen LogP contribution in [0.4, 0.5) is 0 Å². The monoisotopic (exact) mass is 759 g/mol. The van der Waals surface area contributed by atoms with E-state index >= 15 is 0 Å². The molecule has 0 fully saturated rings. The Labute approximate surface area is 347 Å². The summed E-state index contributed by atoms with van der Waals surface area (Å²) in [6, 6.07) is 11.7. The second-order valence-electron chi connectivity index (χ2n) is 18.3. The smallest absolute Gasteiger partial charge is 0.0149 e. The molecule has 0 amide bonds. The molecule has 0 aliphatic heterocycles. The predicted octanol–water partition coefficient (Wildman–Crippen LogP) is 19.9. The maximum absolute atomic E-state index is 2.47. The molecule has 0 radical (unpaired) electrons. The van der Waals surface area contributed by atoms with Gasteiger partial charge in [0.1, 0.15) is 0 Å².